The molecule has 0 saturated carbocycles. The summed E-state index contributed by atoms with van der Waals surface area (Å²) < 4.78 is 14.3. The average molecular weight is 319 g/mol. The van der Waals surface area contributed by atoms with Crippen LogP contribution >= 0.6 is 0 Å². The molecule has 0 radical (unpaired) electrons. The zero-order valence-electron chi connectivity index (χ0n) is 13.3. The first-order valence-electron chi connectivity index (χ1n) is 8.11. The Kier molecular flexibility index (Phi) is 3.21. The highest BCUT2D eigenvalue weighted by molar-refractivity contribution is 5.70. The van der Waals surface area contributed by atoms with E-state index < -0.39 is 0 Å². The number of aromatic amines is 1. The fourth-order valence-electron chi connectivity index (χ4n) is 4.17. The quantitative estimate of drug-likeness (QED) is 0.880. The second-order valence-electron chi connectivity index (χ2n) is 6.30. The van der Waals surface area contributed by atoms with Gasteiger partial charge in [0.1, 0.15) is 6.10 Å². The van der Waals surface area contributed by atoms with Crippen LogP contribution in [0.4, 0.5) is 5.95 Å². The summed E-state index contributed by atoms with van der Waals surface area (Å²) in [6, 6.07) is 0. The van der Waals surface area contributed by atoms with Crippen molar-refractivity contribution in [3.63, 3.8) is 0 Å². The molecule has 4 heterocycles. The van der Waals surface area contributed by atoms with Crippen molar-refractivity contribution in [3.05, 3.63) is 16.7 Å². The summed E-state index contributed by atoms with van der Waals surface area (Å²) in [6.07, 6.45) is 4.01. The fourth-order valence-corrected chi connectivity index (χ4v) is 4.17. The molecule has 0 aliphatic carbocycles. The lowest BCUT2D eigenvalue weighted by molar-refractivity contribution is -0.0901. The van der Waals surface area contributed by atoms with Crippen LogP contribution in [0.2, 0.25) is 0 Å². The SMILES string of the molecule is CCC1[C@@H]2OCC[C@@]1(CC)O[C@H]2n1cnc2c(=O)[nH]c(N)nc21. The minimum absolute atomic E-state index is 0.0617. The van der Waals surface area contributed by atoms with Gasteiger partial charge in [0, 0.05) is 18.9 Å². The van der Waals surface area contributed by atoms with E-state index in [-0.39, 0.29) is 35.0 Å². The Hall–Kier alpha value is -1.93. The number of aromatic nitrogens is 4. The molecule has 0 aromatic carbocycles. The van der Waals surface area contributed by atoms with Crippen LogP contribution in [0.1, 0.15) is 39.3 Å². The molecule has 124 valence electrons. The topological polar surface area (TPSA) is 108 Å². The standard InChI is InChI=1S/C15H21N5O3/c1-3-8-10-13(23-15(8,4-2)5-6-22-10)20-7-17-9-11(20)18-14(16)19-12(9)21/h7-8,10,13H,3-6H2,1-2H3,(H3,16,18,19,21)/t8?,10-,13+,15+/m0/s1. The number of hydrogen-bond donors (Lipinski definition) is 2. The number of nitrogens with two attached hydrogens (primary N) is 1. The Morgan fingerprint density at radius 1 is 1.52 bits per heavy atom. The van der Waals surface area contributed by atoms with Crippen LogP contribution < -0.4 is 11.3 Å². The molecular weight excluding hydrogens is 298 g/mol. The van der Waals surface area contributed by atoms with E-state index in [1.807, 2.05) is 0 Å². The second-order valence-corrected chi connectivity index (χ2v) is 6.30. The molecule has 0 spiro atoms. The molecular formula is C15H21N5O3. The van der Waals surface area contributed by atoms with E-state index in [1.54, 1.807) is 10.9 Å². The van der Waals surface area contributed by atoms with Crippen LogP contribution in [0, 0.1) is 5.92 Å². The van der Waals surface area contributed by atoms with Gasteiger partial charge in [0.25, 0.3) is 5.56 Å². The van der Waals surface area contributed by atoms with Gasteiger partial charge in [0.05, 0.1) is 11.9 Å². The highest BCUT2D eigenvalue weighted by Gasteiger charge is 2.57. The molecule has 2 aromatic heterocycles. The van der Waals surface area contributed by atoms with Gasteiger partial charge in [0.15, 0.2) is 17.4 Å². The maximum Gasteiger partial charge on any atom is 0.280 e. The number of fused-ring (bicyclic) bond motifs is 3. The lowest BCUT2D eigenvalue weighted by Crippen LogP contribution is -2.43. The summed E-state index contributed by atoms with van der Waals surface area (Å²) in [4.78, 5) is 22.9. The van der Waals surface area contributed by atoms with Crippen molar-refractivity contribution in [2.24, 2.45) is 5.92 Å². The third-order valence-corrected chi connectivity index (χ3v) is 5.31. The van der Waals surface area contributed by atoms with E-state index in [0.717, 1.165) is 19.3 Å². The van der Waals surface area contributed by atoms with Crippen LogP contribution in [0.5, 0.6) is 0 Å². The number of ether oxygens (including phenoxy) is 2. The van der Waals surface area contributed by atoms with Gasteiger partial charge in [0.2, 0.25) is 5.95 Å². The summed E-state index contributed by atoms with van der Waals surface area (Å²) in [5.41, 5.74) is 5.87. The fraction of sp³-hybridized carbons (Fsp3) is 0.667. The lowest BCUT2D eigenvalue weighted by atomic mass is 9.78. The Morgan fingerprint density at radius 2 is 2.35 bits per heavy atom. The Morgan fingerprint density at radius 3 is 3.04 bits per heavy atom. The monoisotopic (exact) mass is 319 g/mol. The first-order chi connectivity index (χ1) is 11.1. The highest BCUT2D eigenvalue weighted by atomic mass is 16.6. The summed E-state index contributed by atoms with van der Waals surface area (Å²) in [6.45, 7) is 5.00. The van der Waals surface area contributed by atoms with Crippen molar-refractivity contribution < 1.29 is 9.47 Å². The molecule has 2 fully saturated rings. The molecule has 4 rings (SSSR count). The van der Waals surface area contributed by atoms with E-state index >= 15 is 0 Å². The third kappa shape index (κ3) is 1.94. The minimum Gasteiger partial charge on any atom is -0.373 e. The van der Waals surface area contributed by atoms with E-state index in [4.69, 9.17) is 15.2 Å². The molecule has 8 nitrogen and oxygen atoms in total. The highest BCUT2D eigenvalue weighted by Crippen LogP contribution is 2.51. The van der Waals surface area contributed by atoms with Crippen LogP contribution in [-0.2, 0) is 9.47 Å². The summed E-state index contributed by atoms with van der Waals surface area (Å²) in [7, 11) is 0. The first-order valence-corrected chi connectivity index (χ1v) is 8.11. The normalized spacial score (nSPS) is 33.4. The maximum absolute atomic E-state index is 12.0. The van der Waals surface area contributed by atoms with Crippen molar-refractivity contribution in [2.45, 2.75) is 51.0 Å². The number of nitrogens with zero attached hydrogens (tertiary/aromatic N) is 3. The van der Waals surface area contributed by atoms with Gasteiger partial charge in [-0.25, -0.2) is 4.98 Å². The van der Waals surface area contributed by atoms with Crippen LogP contribution in [0.15, 0.2) is 11.1 Å². The molecule has 8 heteroatoms. The zero-order chi connectivity index (χ0) is 16.2. The number of anilines is 1. The van der Waals surface area contributed by atoms with Crippen LogP contribution in [0.25, 0.3) is 11.2 Å². The van der Waals surface area contributed by atoms with Crippen molar-refractivity contribution in [2.75, 3.05) is 12.3 Å². The van der Waals surface area contributed by atoms with Gasteiger partial charge >= 0.3 is 0 Å². The van der Waals surface area contributed by atoms with Crippen LogP contribution in [0.3, 0.4) is 0 Å². The molecule has 0 amide bonds. The summed E-state index contributed by atoms with van der Waals surface area (Å²) in [5, 5.41) is 0. The largest absolute Gasteiger partial charge is 0.373 e. The number of imidazole rings is 1. The number of hydrogen-bond acceptors (Lipinski definition) is 6. The van der Waals surface area contributed by atoms with Crippen molar-refractivity contribution in [3.8, 4) is 0 Å². The number of nitrogens with one attached hydrogen (secondary N) is 1. The molecule has 3 N–H and O–H groups in total. The Bertz CT molecular complexity index is 800. The van der Waals surface area contributed by atoms with Gasteiger partial charge in [-0.3, -0.25) is 14.3 Å². The molecule has 1 unspecified atom stereocenters. The second kappa shape index (κ2) is 5.04. The molecule has 4 atom stereocenters. The van der Waals surface area contributed by atoms with Gasteiger partial charge < -0.3 is 15.2 Å². The molecule has 2 saturated heterocycles. The van der Waals surface area contributed by atoms with Crippen molar-refractivity contribution in [1.82, 2.24) is 19.5 Å². The maximum atomic E-state index is 12.0. The molecule has 2 aliphatic heterocycles. The predicted octanol–water partition coefficient (Wildman–Crippen LogP) is 1.19. The van der Waals surface area contributed by atoms with E-state index in [2.05, 4.69) is 28.8 Å². The van der Waals surface area contributed by atoms with E-state index in [0.29, 0.717) is 18.2 Å². The van der Waals surface area contributed by atoms with Gasteiger partial charge in [-0.05, 0) is 12.8 Å². The smallest absolute Gasteiger partial charge is 0.280 e. The van der Waals surface area contributed by atoms with Crippen molar-refractivity contribution >= 4 is 17.1 Å². The lowest BCUT2D eigenvalue weighted by Gasteiger charge is -2.37. The molecule has 2 bridgehead atoms. The average Bonchev–Trinajstić information content (AvgIpc) is 3.02. The molecule has 2 aromatic rings. The van der Waals surface area contributed by atoms with Gasteiger partial charge in [-0.15, -0.1) is 0 Å². The number of nitrogen functional groups attached to an aromatic ring is 1. The molecule has 2 aliphatic rings. The van der Waals surface area contributed by atoms with Gasteiger partial charge in [-0.1, -0.05) is 13.8 Å². The predicted molar refractivity (Wildman–Crippen MR) is 83.8 cm³/mol. The zero-order valence-corrected chi connectivity index (χ0v) is 13.3. The van der Waals surface area contributed by atoms with Crippen molar-refractivity contribution in [1.29, 1.82) is 0 Å². The third-order valence-electron chi connectivity index (χ3n) is 5.31. The van der Waals surface area contributed by atoms with E-state index in [9.17, 15) is 4.79 Å². The molecule has 23 heavy (non-hydrogen) atoms. The Balaban J connectivity index is 1.84. The minimum atomic E-state index is -0.342. The van der Waals surface area contributed by atoms with E-state index in [1.165, 1.54) is 0 Å². The summed E-state index contributed by atoms with van der Waals surface area (Å²) in [5.74, 6) is 0.395. The number of H-pyrrole nitrogens is 1. The first kappa shape index (κ1) is 14.6. The van der Waals surface area contributed by atoms with Gasteiger partial charge in [-0.2, -0.15) is 4.98 Å². The number of rotatable bonds is 3. The summed E-state index contributed by atoms with van der Waals surface area (Å²) >= 11 is 0. The Labute approximate surface area is 133 Å². The van der Waals surface area contributed by atoms with Crippen LogP contribution in [-0.4, -0.2) is 37.8 Å².